The van der Waals surface area contributed by atoms with Gasteiger partial charge in [0.25, 0.3) is 0 Å². The highest BCUT2D eigenvalue weighted by Gasteiger charge is 2.22. The van der Waals surface area contributed by atoms with E-state index in [1.165, 1.54) is 5.56 Å². The number of aromatic nitrogens is 2. The zero-order valence-corrected chi connectivity index (χ0v) is 13.8. The molecule has 2 aromatic rings. The number of hydrogen-bond acceptors (Lipinski definition) is 4. The van der Waals surface area contributed by atoms with Gasteiger partial charge in [0, 0.05) is 18.1 Å². The first-order chi connectivity index (χ1) is 10.5. The van der Waals surface area contributed by atoms with Crippen LogP contribution in [0.2, 0.25) is 0 Å². The number of nitrogens with zero attached hydrogens (tertiary/aromatic N) is 3. The predicted octanol–water partition coefficient (Wildman–Crippen LogP) is 3.23. The zero-order valence-electron chi connectivity index (χ0n) is 13.8. The van der Waals surface area contributed by atoms with Gasteiger partial charge in [-0.1, -0.05) is 13.8 Å². The smallest absolute Gasteiger partial charge is 0.148 e. The van der Waals surface area contributed by atoms with Crippen molar-refractivity contribution in [1.29, 1.82) is 5.41 Å². The Morgan fingerprint density at radius 1 is 1.45 bits per heavy atom. The topological polar surface area (TPSA) is 54.1 Å². The lowest BCUT2D eigenvalue weighted by Gasteiger charge is -2.34. The van der Waals surface area contributed by atoms with Crippen LogP contribution in [0.4, 0.5) is 5.82 Å². The van der Waals surface area contributed by atoms with Crippen molar-refractivity contribution in [3.8, 4) is 0 Å². The van der Waals surface area contributed by atoms with Crippen LogP contribution in [0.3, 0.4) is 0 Å². The predicted molar refractivity (Wildman–Crippen MR) is 90.2 cm³/mol. The molecular weight excluding hydrogens is 276 g/mol. The van der Waals surface area contributed by atoms with Crippen molar-refractivity contribution in [1.82, 2.24) is 9.55 Å². The quantitative estimate of drug-likeness (QED) is 0.684. The van der Waals surface area contributed by atoms with E-state index >= 15 is 0 Å². The highest BCUT2D eigenvalue weighted by molar-refractivity contribution is 5.93. The molecular formula is C17H24N4O. The molecule has 0 saturated carbocycles. The van der Waals surface area contributed by atoms with E-state index in [1.54, 1.807) is 6.92 Å². The lowest BCUT2D eigenvalue weighted by molar-refractivity contribution is 0.0985. The first-order valence-electron chi connectivity index (χ1n) is 7.91. The molecule has 0 amide bonds. The lowest BCUT2D eigenvalue weighted by Crippen LogP contribution is -2.44. The van der Waals surface area contributed by atoms with Gasteiger partial charge >= 0.3 is 0 Å². The summed E-state index contributed by atoms with van der Waals surface area (Å²) in [7, 11) is 0. The van der Waals surface area contributed by atoms with Crippen molar-refractivity contribution in [3.05, 3.63) is 23.9 Å². The second-order valence-corrected chi connectivity index (χ2v) is 6.35. The minimum atomic E-state index is 0.322. The third-order valence-corrected chi connectivity index (χ3v) is 4.32. The molecule has 22 heavy (non-hydrogen) atoms. The second-order valence-electron chi connectivity index (χ2n) is 6.35. The average molecular weight is 300 g/mol. The molecule has 3 heterocycles. The van der Waals surface area contributed by atoms with Crippen LogP contribution in [-0.2, 0) is 4.74 Å². The van der Waals surface area contributed by atoms with Gasteiger partial charge in [-0.3, -0.25) is 9.98 Å². The highest BCUT2D eigenvalue weighted by atomic mass is 16.5. The monoisotopic (exact) mass is 300 g/mol. The van der Waals surface area contributed by atoms with Gasteiger partial charge in [-0.15, -0.1) is 0 Å². The number of fused-ring (bicyclic) bond motifs is 1. The molecule has 0 bridgehead atoms. The van der Waals surface area contributed by atoms with Crippen LogP contribution < -0.4 is 4.90 Å². The Labute approximate surface area is 131 Å². The first kappa shape index (κ1) is 15.0. The minimum absolute atomic E-state index is 0.322. The summed E-state index contributed by atoms with van der Waals surface area (Å²) in [6.07, 6.45) is 1.94. The molecule has 0 unspecified atom stereocenters. The van der Waals surface area contributed by atoms with Crippen molar-refractivity contribution < 1.29 is 4.74 Å². The van der Waals surface area contributed by atoms with Gasteiger partial charge in [-0.05, 0) is 37.5 Å². The Bertz CT molecular complexity index is 704. The van der Waals surface area contributed by atoms with Gasteiger partial charge in [0.05, 0.1) is 19.3 Å². The van der Waals surface area contributed by atoms with E-state index in [1.807, 2.05) is 10.8 Å². The molecule has 1 N–H and O–H groups in total. The Balaban J connectivity index is 2.18. The van der Waals surface area contributed by atoms with Gasteiger partial charge < -0.3 is 9.64 Å². The van der Waals surface area contributed by atoms with Crippen LogP contribution in [0.1, 0.15) is 39.2 Å². The van der Waals surface area contributed by atoms with E-state index in [9.17, 15) is 0 Å². The Kier molecular flexibility index (Phi) is 3.91. The zero-order chi connectivity index (χ0) is 15.9. The molecule has 0 aliphatic carbocycles. The summed E-state index contributed by atoms with van der Waals surface area (Å²) in [6, 6.07) is 4.60. The molecule has 1 aliphatic heterocycles. The molecule has 1 fully saturated rings. The number of ether oxygens (including phenoxy) is 1. The van der Waals surface area contributed by atoms with Crippen LogP contribution >= 0.6 is 0 Å². The van der Waals surface area contributed by atoms with E-state index in [4.69, 9.17) is 15.1 Å². The summed E-state index contributed by atoms with van der Waals surface area (Å²) in [5.41, 5.74) is 2.17. The number of nitrogens with one attached hydrogen (secondary N) is 1. The van der Waals surface area contributed by atoms with Gasteiger partial charge in [0.1, 0.15) is 17.3 Å². The van der Waals surface area contributed by atoms with Crippen LogP contribution in [0, 0.1) is 5.41 Å². The molecule has 5 nitrogen and oxygen atoms in total. The van der Waals surface area contributed by atoms with Gasteiger partial charge in [-0.2, -0.15) is 0 Å². The fraction of sp³-hybridized carbons (Fsp3) is 0.529. The molecule has 118 valence electrons. The normalized spacial score (nSPS) is 19.1. The van der Waals surface area contributed by atoms with E-state index in [0.29, 0.717) is 17.8 Å². The summed E-state index contributed by atoms with van der Waals surface area (Å²) >= 11 is 0. The Hall–Kier alpha value is -1.88. The molecule has 0 spiro atoms. The van der Waals surface area contributed by atoms with Crippen molar-refractivity contribution in [3.63, 3.8) is 0 Å². The lowest BCUT2D eigenvalue weighted by atomic mass is 10.0. The first-order valence-corrected chi connectivity index (χ1v) is 7.91. The fourth-order valence-electron chi connectivity index (χ4n) is 3.08. The maximum atomic E-state index is 7.96. The Morgan fingerprint density at radius 3 is 2.86 bits per heavy atom. The Morgan fingerprint density at radius 2 is 2.23 bits per heavy atom. The number of hydrogen-bond donors (Lipinski definition) is 1. The SMILES string of the molecule is CC(=N)n1ccc2c(C(C)C)cc(N3CCOC[C@H]3C)nc21. The second kappa shape index (κ2) is 5.72. The average Bonchev–Trinajstić information content (AvgIpc) is 2.90. The van der Waals surface area contributed by atoms with Crippen molar-refractivity contribution in [2.24, 2.45) is 0 Å². The molecule has 2 aromatic heterocycles. The minimum Gasteiger partial charge on any atom is -0.377 e. The number of morpholine rings is 1. The molecule has 3 rings (SSSR count). The molecule has 1 aliphatic rings. The largest absolute Gasteiger partial charge is 0.377 e. The summed E-state index contributed by atoms with van der Waals surface area (Å²) in [6.45, 7) is 10.7. The van der Waals surface area contributed by atoms with E-state index < -0.39 is 0 Å². The van der Waals surface area contributed by atoms with E-state index in [0.717, 1.165) is 36.6 Å². The van der Waals surface area contributed by atoms with Crippen LogP contribution in [0.15, 0.2) is 18.3 Å². The third kappa shape index (κ3) is 2.50. The van der Waals surface area contributed by atoms with Gasteiger partial charge in [0.15, 0.2) is 0 Å². The summed E-state index contributed by atoms with van der Waals surface area (Å²) < 4.78 is 7.39. The fourth-order valence-corrected chi connectivity index (χ4v) is 3.08. The van der Waals surface area contributed by atoms with Gasteiger partial charge in [0.2, 0.25) is 0 Å². The number of rotatable bonds is 2. The van der Waals surface area contributed by atoms with Crippen molar-refractivity contribution in [2.45, 2.75) is 39.7 Å². The molecule has 0 aromatic carbocycles. The van der Waals surface area contributed by atoms with Gasteiger partial charge in [-0.25, -0.2) is 4.98 Å². The van der Waals surface area contributed by atoms with Crippen LogP contribution in [0.25, 0.3) is 11.0 Å². The molecule has 5 heteroatoms. The summed E-state index contributed by atoms with van der Waals surface area (Å²) in [5.74, 6) is 1.90. The highest BCUT2D eigenvalue weighted by Crippen LogP contribution is 2.30. The van der Waals surface area contributed by atoms with E-state index in [-0.39, 0.29) is 0 Å². The van der Waals surface area contributed by atoms with Crippen LogP contribution in [-0.4, -0.2) is 41.2 Å². The van der Waals surface area contributed by atoms with E-state index in [2.05, 4.69) is 37.8 Å². The third-order valence-electron chi connectivity index (χ3n) is 4.32. The number of anilines is 1. The molecule has 1 saturated heterocycles. The van der Waals surface area contributed by atoms with Crippen molar-refractivity contribution >= 4 is 22.7 Å². The summed E-state index contributed by atoms with van der Waals surface area (Å²) in [4.78, 5) is 7.18. The summed E-state index contributed by atoms with van der Waals surface area (Å²) in [5, 5.41) is 9.10. The number of pyridine rings is 1. The maximum Gasteiger partial charge on any atom is 0.148 e. The van der Waals surface area contributed by atoms with Crippen molar-refractivity contribution in [2.75, 3.05) is 24.7 Å². The standard InChI is InChI=1S/C17H24N4O/c1-11(2)15-9-16(20-7-8-22-10-12(20)3)19-17-14(15)5-6-21(17)13(4)18/h5-6,9,11-12,18H,7-8,10H2,1-4H3/t12-/m1/s1. The maximum absolute atomic E-state index is 7.96. The molecule has 0 radical (unpaired) electrons. The van der Waals surface area contributed by atoms with Crippen LogP contribution in [0.5, 0.6) is 0 Å². The molecule has 1 atom stereocenters.